The van der Waals surface area contributed by atoms with E-state index in [2.05, 4.69) is 0 Å². The zero-order valence-corrected chi connectivity index (χ0v) is 12.0. The first-order valence-corrected chi connectivity index (χ1v) is 8.16. The smallest absolute Gasteiger partial charge is 0.252 e. The molecule has 0 saturated carbocycles. The van der Waals surface area contributed by atoms with Crippen LogP contribution in [0, 0.1) is 0 Å². The van der Waals surface area contributed by atoms with Crippen LogP contribution in [0.4, 0.5) is 0 Å². The van der Waals surface area contributed by atoms with E-state index in [0.717, 1.165) is 17.7 Å². The molecule has 1 atom stereocenters. The van der Waals surface area contributed by atoms with Crippen molar-refractivity contribution in [1.29, 1.82) is 0 Å². The summed E-state index contributed by atoms with van der Waals surface area (Å²) in [7, 11) is -1.77. The first-order chi connectivity index (χ1) is 8.55. The lowest BCUT2D eigenvalue weighted by molar-refractivity contribution is 0.181. The number of sulfonamides is 1. The minimum atomic E-state index is -3.39. The van der Waals surface area contributed by atoms with Crippen LogP contribution in [0.2, 0.25) is 0 Å². The fourth-order valence-electron chi connectivity index (χ4n) is 1.92. The van der Waals surface area contributed by atoms with Crippen LogP contribution in [0.15, 0.2) is 16.3 Å². The molecule has 0 radical (unpaired) electrons. The number of hydrogen-bond acceptors (Lipinski definition) is 5. The lowest BCUT2D eigenvalue weighted by Crippen LogP contribution is -2.36. The molecule has 1 unspecified atom stereocenters. The average Bonchev–Trinajstić information content (AvgIpc) is 2.99. The number of likely N-dealkylation sites (N-methyl/N-ethyl adjacent to an activating group) is 1. The predicted octanol–water partition coefficient (Wildman–Crippen LogP) is 0.659. The number of ether oxygens (including phenoxy) is 1. The molecule has 2 N–H and O–H groups in total. The number of rotatable bonds is 5. The third-order valence-corrected chi connectivity index (χ3v) is 6.60. The minimum absolute atomic E-state index is 0.0462. The van der Waals surface area contributed by atoms with Gasteiger partial charge in [-0.3, -0.25) is 0 Å². The van der Waals surface area contributed by atoms with Crippen molar-refractivity contribution in [2.75, 3.05) is 26.8 Å². The normalized spacial score (nSPS) is 20.7. The van der Waals surface area contributed by atoms with Crippen LogP contribution < -0.4 is 5.73 Å². The van der Waals surface area contributed by atoms with E-state index in [1.54, 1.807) is 13.1 Å². The molecule has 7 heteroatoms. The Hall–Kier alpha value is -0.470. The molecule has 18 heavy (non-hydrogen) atoms. The summed E-state index contributed by atoms with van der Waals surface area (Å²) in [6, 6.07) is 3.45. The first-order valence-electron chi connectivity index (χ1n) is 5.90. The van der Waals surface area contributed by atoms with E-state index in [-0.39, 0.29) is 6.04 Å². The summed E-state index contributed by atoms with van der Waals surface area (Å²) in [5, 5.41) is 0. The van der Waals surface area contributed by atoms with Gasteiger partial charge in [-0.2, -0.15) is 4.31 Å². The number of thiophene rings is 1. The van der Waals surface area contributed by atoms with Crippen molar-refractivity contribution in [2.45, 2.75) is 23.1 Å². The van der Waals surface area contributed by atoms with E-state index in [9.17, 15) is 8.42 Å². The van der Waals surface area contributed by atoms with Gasteiger partial charge in [0, 0.05) is 18.5 Å². The number of nitrogens with zero attached hydrogens (tertiary/aromatic N) is 1. The maximum atomic E-state index is 12.4. The molecule has 2 heterocycles. The van der Waals surface area contributed by atoms with Crippen molar-refractivity contribution >= 4 is 21.4 Å². The lowest BCUT2D eigenvalue weighted by Gasteiger charge is -2.21. The largest absolute Gasteiger partial charge is 0.380 e. The second-order valence-corrected chi connectivity index (χ2v) is 7.69. The molecule has 0 spiro atoms. The quantitative estimate of drug-likeness (QED) is 0.864. The predicted molar refractivity (Wildman–Crippen MR) is 71.3 cm³/mol. The highest BCUT2D eigenvalue weighted by Crippen LogP contribution is 2.27. The van der Waals surface area contributed by atoms with Crippen LogP contribution in [0.1, 0.15) is 11.3 Å². The van der Waals surface area contributed by atoms with Crippen LogP contribution in [0.3, 0.4) is 0 Å². The Balaban J connectivity index is 2.18. The molecular weight excluding hydrogens is 272 g/mol. The van der Waals surface area contributed by atoms with Crippen molar-refractivity contribution in [1.82, 2.24) is 4.31 Å². The summed E-state index contributed by atoms with van der Waals surface area (Å²) < 4.78 is 31.8. The van der Waals surface area contributed by atoms with Gasteiger partial charge in [0.2, 0.25) is 0 Å². The second-order valence-electron chi connectivity index (χ2n) is 4.30. The topological polar surface area (TPSA) is 72.6 Å². The highest BCUT2D eigenvalue weighted by molar-refractivity contribution is 7.91. The average molecular weight is 290 g/mol. The molecule has 2 rings (SSSR count). The first kappa shape index (κ1) is 14.0. The summed E-state index contributed by atoms with van der Waals surface area (Å²) in [6.45, 7) is 1.65. The molecule has 1 fully saturated rings. The van der Waals surface area contributed by atoms with Gasteiger partial charge in [0.05, 0.1) is 12.6 Å². The maximum Gasteiger partial charge on any atom is 0.252 e. The summed E-state index contributed by atoms with van der Waals surface area (Å²) >= 11 is 1.30. The van der Waals surface area contributed by atoms with Gasteiger partial charge in [0.1, 0.15) is 4.21 Å². The highest BCUT2D eigenvalue weighted by Gasteiger charge is 2.31. The Bertz CT molecular complexity index is 492. The van der Waals surface area contributed by atoms with Crippen molar-refractivity contribution in [3.05, 3.63) is 17.0 Å². The standard InChI is InChI=1S/C11H18N2O3S2/c1-13(9-5-7-16-8-9)18(14,15)11-3-2-10(17-11)4-6-12/h2-3,9H,4-8,12H2,1H3. The summed E-state index contributed by atoms with van der Waals surface area (Å²) in [5.74, 6) is 0. The Morgan fingerprint density at radius 1 is 1.56 bits per heavy atom. The zero-order valence-electron chi connectivity index (χ0n) is 10.3. The van der Waals surface area contributed by atoms with Crippen LogP contribution in [0.25, 0.3) is 0 Å². The minimum Gasteiger partial charge on any atom is -0.380 e. The molecule has 1 aromatic rings. The molecule has 1 aliphatic heterocycles. The molecule has 0 aliphatic carbocycles. The van der Waals surface area contributed by atoms with Crippen LogP contribution in [0.5, 0.6) is 0 Å². The van der Waals surface area contributed by atoms with E-state index in [1.165, 1.54) is 15.6 Å². The van der Waals surface area contributed by atoms with Gasteiger partial charge in [-0.25, -0.2) is 8.42 Å². The van der Waals surface area contributed by atoms with E-state index >= 15 is 0 Å². The fourth-order valence-corrected chi connectivity index (χ4v) is 4.85. The summed E-state index contributed by atoms with van der Waals surface area (Å²) in [5.41, 5.74) is 5.47. The number of nitrogens with two attached hydrogens (primary N) is 1. The number of hydrogen-bond donors (Lipinski definition) is 1. The van der Waals surface area contributed by atoms with Crippen molar-refractivity contribution in [3.63, 3.8) is 0 Å². The molecule has 0 aromatic carbocycles. The molecule has 5 nitrogen and oxygen atoms in total. The summed E-state index contributed by atoms with van der Waals surface area (Å²) in [4.78, 5) is 1.01. The lowest BCUT2D eigenvalue weighted by atomic mass is 10.3. The van der Waals surface area contributed by atoms with Gasteiger partial charge in [-0.15, -0.1) is 11.3 Å². The van der Waals surface area contributed by atoms with Gasteiger partial charge in [-0.1, -0.05) is 0 Å². The highest BCUT2D eigenvalue weighted by atomic mass is 32.2. The van der Waals surface area contributed by atoms with Crippen molar-refractivity contribution in [2.24, 2.45) is 5.73 Å². The van der Waals surface area contributed by atoms with Gasteiger partial charge >= 0.3 is 0 Å². The molecule has 0 amide bonds. The maximum absolute atomic E-state index is 12.4. The molecule has 1 aliphatic rings. The van der Waals surface area contributed by atoms with E-state index < -0.39 is 10.0 Å². The molecule has 102 valence electrons. The van der Waals surface area contributed by atoms with Gasteiger partial charge in [-0.05, 0) is 31.5 Å². The van der Waals surface area contributed by atoms with Crippen LogP contribution in [-0.2, 0) is 21.2 Å². The fraction of sp³-hybridized carbons (Fsp3) is 0.636. The monoisotopic (exact) mass is 290 g/mol. The Labute approximate surface area is 112 Å². The van der Waals surface area contributed by atoms with E-state index in [0.29, 0.717) is 24.0 Å². The SMILES string of the molecule is CN(C1CCOC1)S(=O)(=O)c1ccc(CCN)s1. The second kappa shape index (κ2) is 5.66. The van der Waals surface area contributed by atoms with Crippen LogP contribution in [-0.4, -0.2) is 45.6 Å². The third kappa shape index (κ3) is 2.75. The Morgan fingerprint density at radius 3 is 2.94 bits per heavy atom. The molecule has 1 saturated heterocycles. The molecule has 1 aromatic heterocycles. The molecule has 0 bridgehead atoms. The van der Waals surface area contributed by atoms with Gasteiger partial charge < -0.3 is 10.5 Å². The third-order valence-electron chi connectivity index (χ3n) is 3.08. The van der Waals surface area contributed by atoms with Crippen molar-refractivity contribution < 1.29 is 13.2 Å². The van der Waals surface area contributed by atoms with Gasteiger partial charge in [0.15, 0.2) is 0 Å². The molecular formula is C11H18N2O3S2. The van der Waals surface area contributed by atoms with Crippen LogP contribution >= 0.6 is 11.3 Å². The van der Waals surface area contributed by atoms with E-state index in [1.807, 2.05) is 6.07 Å². The Morgan fingerprint density at radius 2 is 2.33 bits per heavy atom. The zero-order chi connectivity index (χ0) is 13.2. The Kier molecular flexibility index (Phi) is 4.39. The van der Waals surface area contributed by atoms with E-state index in [4.69, 9.17) is 10.5 Å². The van der Waals surface area contributed by atoms with Crippen molar-refractivity contribution in [3.8, 4) is 0 Å². The van der Waals surface area contributed by atoms with Gasteiger partial charge in [0.25, 0.3) is 10.0 Å². The summed E-state index contributed by atoms with van der Waals surface area (Å²) in [6.07, 6.45) is 1.48.